The van der Waals surface area contributed by atoms with Crippen molar-refractivity contribution in [1.29, 1.82) is 0 Å². The number of halogens is 2. The van der Waals surface area contributed by atoms with Crippen LogP contribution < -0.4 is 16.4 Å². The highest BCUT2D eigenvalue weighted by Crippen LogP contribution is 2.30. The molecule has 8 nitrogen and oxygen atoms in total. The SMILES string of the molecule is N[C@@H](Cc1cccnc1)C(=O)Nc1cccc(-c2csc(SCC(=O)NC3CCN(Cc4ccc(Cl)c(Cl)c4)CC3)n2)c1. The number of carbonyl (C=O) groups excluding carboxylic acids is 2. The first-order valence-corrected chi connectivity index (χ1v) is 16.5. The molecule has 12 heteroatoms. The third-order valence-corrected chi connectivity index (χ3v) is 9.85. The second kappa shape index (κ2) is 15.1. The lowest BCUT2D eigenvalue weighted by molar-refractivity contribution is -0.119. The predicted octanol–water partition coefficient (Wildman–Crippen LogP) is 5.89. The number of nitrogens with two attached hydrogens (primary N) is 1. The third kappa shape index (κ3) is 9.25. The molecule has 2 aromatic carbocycles. The number of carbonyl (C=O) groups is 2. The van der Waals surface area contributed by atoms with Crippen LogP contribution >= 0.6 is 46.3 Å². The number of likely N-dealkylation sites (tertiary alicyclic amines) is 1. The maximum absolute atomic E-state index is 12.7. The van der Waals surface area contributed by atoms with E-state index in [4.69, 9.17) is 33.9 Å². The minimum atomic E-state index is -0.692. The molecular weight excluding hydrogens is 623 g/mol. The molecule has 5 rings (SSSR count). The van der Waals surface area contributed by atoms with Crippen molar-refractivity contribution in [3.05, 3.63) is 93.5 Å². The van der Waals surface area contributed by atoms with Crippen molar-refractivity contribution in [2.24, 2.45) is 5.73 Å². The van der Waals surface area contributed by atoms with E-state index in [-0.39, 0.29) is 17.9 Å². The van der Waals surface area contributed by atoms with Gasteiger partial charge in [0.25, 0.3) is 0 Å². The highest BCUT2D eigenvalue weighted by atomic mass is 35.5. The van der Waals surface area contributed by atoms with Gasteiger partial charge in [-0.25, -0.2) is 4.98 Å². The largest absolute Gasteiger partial charge is 0.353 e. The number of pyridine rings is 1. The van der Waals surface area contributed by atoms with Gasteiger partial charge in [0, 0.05) is 54.7 Å². The molecule has 1 aliphatic rings. The Morgan fingerprint density at radius 1 is 1.07 bits per heavy atom. The molecule has 0 unspecified atom stereocenters. The van der Waals surface area contributed by atoms with E-state index in [9.17, 15) is 9.59 Å². The van der Waals surface area contributed by atoms with Gasteiger partial charge < -0.3 is 16.4 Å². The molecule has 0 radical (unpaired) electrons. The monoisotopic (exact) mass is 654 g/mol. The third-order valence-electron chi connectivity index (χ3n) is 7.09. The second-order valence-corrected chi connectivity index (χ2v) is 13.3. The lowest BCUT2D eigenvalue weighted by Crippen LogP contribution is -2.44. The van der Waals surface area contributed by atoms with Crippen molar-refractivity contribution in [1.82, 2.24) is 20.2 Å². The van der Waals surface area contributed by atoms with Crippen molar-refractivity contribution < 1.29 is 9.59 Å². The van der Waals surface area contributed by atoms with Crippen LogP contribution in [-0.2, 0) is 22.6 Å². The Hall–Kier alpha value is -2.99. The average molecular weight is 656 g/mol. The summed E-state index contributed by atoms with van der Waals surface area (Å²) in [4.78, 5) is 36.5. The molecule has 4 aromatic rings. The molecule has 1 saturated heterocycles. The quantitative estimate of drug-likeness (QED) is 0.173. The number of nitrogens with zero attached hydrogens (tertiary/aromatic N) is 3. The number of piperidine rings is 1. The fourth-order valence-corrected chi connectivity index (χ4v) is 6.81. The van der Waals surface area contributed by atoms with E-state index < -0.39 is 6.04 Å². The Bertz CT molecular complexity index is 1550. The summed E-state index contributed by atoms with van der Waals surface area (Å²) in [7, 11) is 0. The van der Waals surface area contributed by atoms with Gasteiger partial charge >= 0.3 is 0 Å². The Morgan fingerprint density at radius 3 is 2.67 bits per heavy atom. The van der Waals surface area contributed by atoms with Gasteiger partial charge in [0.1, 0.15) is 0 Å². The predicted molar refractivity (Wildman–Crippen MR) is 176 cm³/mol. The normalized spacial score (nSPS) is 14.8. The Kier molecular flexibility index (Phi) is 11.1. The van der Waals surface area contributed by atoms with Crippen molar-refractivity contribution in [3.63, 3.8) is 0 Å². The molecule has 43 heavy (non-hydrogen) atoms. The maximum Gasteiger partial charge on any atom is 0.241 e. The molecule has 224 valence electrons. The molecule has 2 aromatic heterocycles. The zero-order chi connectivity index (χ0) is 30.2. The van der Waals surface area contributed by atoms with Gasteiger partial charge in [-0.2, -0.15) is 0 Å². The van der Waals surface area contributed by atoms with Crippen molar-refractivity contribution in [3.8, 4) is 11.3 Å². The van der Waals surface area contributed by atoms with E-state index in [1.54, 1.807) is 12.4 Å². The minimum absolute atomic E-state index is 0.0111. The summed E-state index contributed by atoms with van der Waals surface area (Å²) in [5.41, 5.74) is 10.5. The average Bonchev–Trinajstić information content (AvgIpc) is 3.49. The van der Waals surface area contributed by atoms with Crippen molar-refractivity contribution >= 4 is 63.8 Å². The summed E-state index contributed by atoms with van der Waals surface area (Å²) in [6.07, 6.45) is 5.60. The van der Waals surface area contributed by atoms with Crippen LogP contribution in [0.1, 0.15) is 24.0 Å². The van der Waals surface area contributed by atoms with Gasteiger partial charge in [-0.05, 0) is 60.7 Å². The first-order valence-electron chi connectivity index (χ1n) is 13.9. The summed E-state index contributed by atoms with van der Waals surface area (Å²) >= 11 is 15.1. The van der Waals surface area contributed by atoms with Gasteiger partial charge in [0.05, 0.1) is 27.5 Å². The summed E-state index contributed by atoms with van der Waals surface area (Å²) in [5, 5.41) is 9.16. The van der Waals surface area contributed by atoms with Crippen LogP contribution in [0.4, 0.5) is 5.69 Å². The highest BCUT2D eigenvalue weighted by molar-refractivity contribution is 8.01. The summed E-state index contributed by atoms with van der Waals surface area (Å²) in [6.45, 7) is 2.63. The zero-order valence-corrected chi connectivity index (χ0v) is 26.5. The molecule has 1 atom stereocenters. The minimum Gasteiger partial charge on any atom is -0.353 e. The Labute approximate surface area is 269 Å². The van der Waals surface area contributed by atoms with E-state index in [0.29, 0.717) is 27.9 Å². The number of thiazole rings is 1. The van der Waals surface area contributed by atoms with E-state index in [2.05, 4.69) is 20.5 Å². The highest BCUT2D eigenvalue weighted by Gasteiger charge is 2.21. The zero-order valence-electron chi connectivity index (χ0n) is 23.3. The number of amides is 2. The Morgan fingerprint density at radius 2 is 1.91 bits per heavy atom. The number of hydrogen-bond donors (Lipinski definition) is 3. The van der Waals surface area contributed by atoms with Gasteiger partial charge in [-0.1, -0.05) is 59.2 Å². The number of aromatic nitrogens is 2. The van der Waals surface area contributed by atoms with Gasteiger partial charge in [0.2, 0.25) is 11.8 Å². The van der Waals surface area contributed by atoms with E-state index in [1.807, 2.05) is 60.0 Å². The van der Waals surface area contributed by atoms with Crippen LogP contribution in [0, 0.1) is 0 Å². The maximum atomic E-state index is 12.7. The van der Waals surface area contributed by atoms with Crippen LogP contribution in [0.2, 0.25) is 10.0 Å². The lowest BCUT2D eigenvalue weighted by atomic mass is 10.0. The molecule has 1 fully saturated rings. The molecule has 1 aliphatic heterocycles. The summed E-state index contributed by atoms with van der Waals surface area (Å²) < 4.78 is 0.814. The van der Waals surface area contributed by atoms with Gasteiger partial charge in [-0.3, -0.25) is 19.5 Å². The smallest absolute Gasteiger partial charge is 0.241 e. The van der Waals surface area contributed by atoms with Crippen molar-refractivity contribution in [2.45, 2.75) is 42.2 Å². The second-order valence-electron chi connectivity index (χ2n) is 10.4. The van der Waals surface area contributed by atoms with Crippen molar-refractivity contribution in [2.75, 3.05) is 24.2 Å². The van der Waals surface area contributed by atoms with E-state index in [1.165, 1.54) is 23.1 Å². The number of rotatable bonds is 11. The van der Waals surface area contributed by atoms with E-state index >= 15 is 0 Å². The van der Waals surface area contributed by atoms with Crippen LogP contribution in [0.5, 0.6) is 0 Å². The topological polar surface area (TPSA) is 113 Å². The van der Waals surface area contributed by atoms with Crippen LogP contribution in [0.25, 0.3) is 11.3 Å². The van der Waals surface area contributed by atoms with Gasteiger partial charge in [-0.15, -0.1) is 11.3 Å². The van der Waals surface area contributed by atoms with Crippen LogP contribution in [0.3, 0.4) is 0 Å². The molecule has 4 N–H and O–H groups in total. The number of nitrogens with one attached hydrogen (secondary N) is 2. The molecule has 2 amide bonds. The lowest BCUT2D eigenvalue weighted by Gasteiger charge is -2.32. The number of anilines is 1. The molecule has 0 bridgehead atoms. The van der Waals surface area contributed by atoms with Gasteiger partial charge in [0.15, 0.2) is 4.34 Å². The fraction of sp³-hybridized carbons (Fsp3) is 0.290. The number of hydrogen-bond acceptors (Lipinski definition) is 8. The number of thioether (sulfide) groups is 1. The summed E-state index contributed by atoms with van der Waals surface area (Å²) in [6, 6.07) is 16.4. The molecule has 0 saturated carbocycles. The first-order chi connectivity index (χ1) is 20.8. The van der Waals surface area contributed by atoms with Crippen LogP contribution in [-0.4, -0.2) is 57.6 Å². The van der Waals surface area contributed by atoms with Crippen LogP contribution in [0.15, 0.2) is 76.7 Å². The standard InChI is InChI=1S/C31H32Cl2N6O2S2/c32-25-7-6-21(13-26(25)33)17-39-11-8-23(9-12-39)36-29(40)19-43-31-38-28(18-42-31)22-4-1-5-24(15-22)37-30(41)27(34)14-20-3-2-10-35-16-20/h1-7,10,13,15-16,18,23,27H,8-9,11-12,14,17,19,34H2,(H,36,40)(H,37,41)/t27-/m0/s1. The first kappa shape index (κ1) is 31.4. The molecule has 0 spiro atoms. The number of benzene rings is 2. The van der Waals surface area contributed by atoms with E-state index in [0.717, 1.165) is 59.2 Å². The summed E-state index contributed by atoms with van der Waals surface area (Å²) in [5.74, 6) is 0.0529. The molecule has 3 heterocycles. The molecular formula is C31H32Cl2N6O2S2. The Balaban J connectivity index is 1.05. The molecule has 0 aliphatic carbocycles. The fourth-order valence-electron chi connectivity index (χ4n) is 4.84.